The van der Waals surface area contributed by atoms with E-state index in [9.17, 15) is 5.11 Å². The van der Waals surface area contributed by atoms with Crippen molar-refractivity contribution in [2.75, 3.05) is 18.0 Å². The number of anilines is 1. The Morgan fingerprint density at radius 1 is 1.32 bits per heavy atom. The van der Waals surface area contributed by atoms with Crippen LogP contribution in [0.5, 0.6) is 0 Å². The first-order valence-electron chi connectivity index (χ1n) is 8.64. The predicted octanol–water partition coefficient (Wildman–Crippen LogP) is 1.63. The Morgan fingerprint density at radius 2 is 2.16 bits per heavy atom. The first kappa shape index (κ1) is 16.0. The van der Waals surface area contributed by atoms with Crippen molar-refractivity contribution in [2.45, 2.75) is 38.3 Å². The molecule has 132 valence electrons. The summed E-state index contributed by atoms with van der Waals surface area (Å²) < 4.78 is 3.56. The van der Waals surface area contributed by atoms with E-state index in [1.165, 1.54) is 0 Å². The fourth-order valence-corrected chi connectivity index (χ4v) is 3.50. The van der Waals surface area contributed by atoms with Gasteiger partial charge in [0.15, 0.2) is 5.65 Å². The average Bonchev–Trinajstić information content (AvgIpc) is 3.23. The third kappa shape index (κ3) is 2.66. The van der Waals surface area contributed by atoms with E-state index in [0.29, 0.717) is 18.7 Å². The van der Waals surface area contributed by atoms with Gasteiger partial charge in [-0.1, -0.05) is 5.21 Å². The van der Waals surface area contributed by atoms with Crippen molar-refractivity contribution in [3.8, 4) is 0 Å². The second kappa shape index (κ2) is 5.80. The maximum Gasteiger partial charge on any atom is 0.159 e. The molecule has 0 aliphatic carbocycles. The highest BCUT2D eigenvalue weighted by molar-refractivity contribution is 5.89. The van der Waals surface area contributed by atoms with E-state index in [1.54, 1.807) is 15.6 Å². The van der Waals surface area contributed by atoms with Gasteiger partial charge in [-0.3, -0.25) is 4.68 Å². The van der Waals surface area contributed by atoms with E-state index < -0.39 is 5.60 Å². The van der Waals surface area contributed by atoms with Crippen LogP contribution in [-0.2, 0) is 12.6 Å². The van der Waals surface area contributed by atoms with Gasteiger partial charge in [-0.25, -0.2) is 9.67 Å². The lowest BCUT2D eigenvalue weighted by molar-refractivity contribution is 0.0177. The van der Waals surface area contributed by atoms with E-state index in [0.717, 1.165) is 29.7 Å². The maximum atomic E-state index is 11.3. The van der Waals surface area contributed by atoms with Gasteiger partial charge in [0.05, 0.1) is 30.0 Å². The monoisotopic (exact) mass is 341 g/mol. The highest BCUT2D eigenvalue weighted by atomic mass is 16.3. The topological polar surface area (TPSA) is 84.9 Å². The molecule has 8 nitrogen and oxygen atoms in total. The van der Waals surface area contributed by atoms with Gasteiger partial charge in [-0.2, -0.15) is 5.10 Å². The van der Waals surface area contributed by atoms with Crippen LogP contribution in [0.2, 0.25) is 0 Å². The Balaban J connectivity index is 1.68. The number of hydrogen-bond donors (Lipinski definition) is 1. The molecule has 25 heavy (non-hydrogen) atoms. The second-order valence-electron chi connectivity index (χ2n) is 7.07. The minimum absolute atomic E-state index is 0.222. The molecule has 0 spiro atoms. The van der Waals surface area contributed by atoms with Gasteiger partial charge in [0, 0.05) is 25.8 Å². The van der Waals surface area contributed by atoms with E-state index in [2.05, 4.69) is 25.3 Å². The molecule has 1 atom stereocenters. The quantitative estimate of drug-likeness (QED) is 0.779. The molecule has 3 aromatic rings. The number of fused-ring (bicyclic) bond motifs is 1. The zero-order valence-electron chi connectivity index (χ0n) is 14.8. The predicted molar refractivity (Wildman–Crippen MR) is 94.3 cm³/mol. The first-order valence-corrected chi connectivity index (χ1v) is 8.64. The molecule has 0 unspecified atom stereocenters. The van der Waals surface area contributed by atoms with Gasteiger partial charge in [-0.05, 0) is 32.8 Å². The van der Waals surface area contributed by atoms with Crippen LogP contribution in [-0.4, -0.2) is 48.0 Å². The van der Waals surface area contributed by atoms with Gasteiger partial charge >= 0.3 is 0 Å². The van der Waals surface area contributed by atoms with Crippen LogP contribution in [0.25, 0.3) is 11.0 Å². The van der Waals surface area contributed by atoms with Crippen molar-refractivity contribution in [1.29, 1.82) is 0 Å². The van der Waals surface area contributed by atoms with Crippen molar-refractivity contribution >= 4 is 16.7 Å². The molecular formula is C17H23N7O. The van der Waals surface area contributed by atoms with Crippen molar-refractivity contribution in [3.63, 3.8) is 0 Å². The van der Waals surface area contributed by atoms with Gasteiger partial charge in [0.25, 0.3) is 0 Å². The SMILES string of the molecule is CC(C)n1cc([C@]2(O)CCCN(c3ccnc4c3cnn4C)C2)nn1. The number of rotatable bonds is 3. The average molecular weight is 341 g/mol. The summed E-state index contributed by atoms with van der Waals surface area (Å²) in [6.07, 6.45) is 7.06. The fourth-order valence-electron chi connectivity index (χ4n) is 3.50. The van der Waals surface area contributed by atoms with E-state index >= 15 is 0 Å². The second-order valence-corrected chi connectivity index (χ2v) is 7.07. The van der Waals surface area contributed by atoms with Crippen molar-refractivity contribution in [3.05, 3.63) is 30.4 Å². The van der Waals surface area contributed by atoms with Crippen molar-refractivity contribution < 1.29 is 5.11 Å². The van der Waals surface area contributed by atoms with Gasteiger partial charge in [0.1, 0.15) is 11.3 Å². The maximum absolute atomic E-state index is 11.3. The van der Waals surface area contributed by atoms with Crippen molar-refractivity contribution in [2.24, 2.45) is 7.05 Å². The normalized spacial score (nSPS) is 21.4. The summed E-state index contributed by atoms with van der Waals surface area (Å²) in [6, 6.07) is 2.21. The zero-order chi connectivity index (χ0) is 17.6. The summed E-state index contributed by atoms with van der Waals surface area (Å²) in [5.74, 6) is 0. The summed E-state index contributed by atoms with van der Waals surface area (Å²) in [4.78, 5) is 6.60. The number of piperidine rings is 1. The molecule has 4 heterocycles. The molecule has 1 aliphatic rings. The summed E-state index contributed by atoms with van der Waals surface area (Å²) >= 11 is 0. The van der Waals surface area contributed by atoms with Crippen LogP contribution in [0.1, 0.15) is 38.4 Å². The third-order valence-electron chi connectivity index (χ3n) is 4.94. The Kier molecular flexibility index (Phi) is 3.72. The molecule has 1 N–H and O–H groups in total. The molecule has 1 saturated heterocycles. The Hall–Kier alpha value is -2.48. The molecule has 0 aromatic carbocycles. The number of hydrogen-bond acceptors (Lipinski definition) is 6. The Labute approximate surface area is 146 Å². The molecule has 0 saturated carbocycles. The zero-order valence-corrected chi connectivity index (χ0v) is 14.8. The van der Waals surface area contributed by atoms with Crippen LogP contribution in [0.15, 0.2) is 24.7 Å². The molecule has 1 fully saturated rings. The van der Waals surface area contributed by atoms with Crippen LogP contribution in [0.4, 0.5) is 5.69 Å². The molecule has 8 heteroatoms. The largest absolute Gasteiger partial charge is 0.382 e. The van der Waals surface area contributed by atoms with Crippen LogP contribution in [0, 0.1) is 0 Å². The van der Waals surface area contributed by atoms with Gasteiger partial charge in [0.2, 0.25) is 0 Å². The van der Waals surface area contributed by atoms with Crippen molar-refractivity contribution in [1.82, 2.24) is 29.8 Å². The summed E-state index contributed by atoms with van der Waals surface area (Å²) in [5.41, 5.74) is 1.54. The highest BCUT2D eigenvalue weighted by Crippen LogP contribution is 2.35. The minimum atomic E-state index is -0.997. The number of aromatic nitrogens is 6. The van der Waals surface area contributed by atoms with Crippen LogP contribution < -0.4 is 4.90 Å². The lowest BCUT2D eigenvalue weighted by atomic mass is 9.89. The Morgan fingerprint density at radius 3 is 2.92 bits per heavy atom. The smallest absolute Gasteiger partial charge is 0.159 e. The summed E-state index contributed by atoms with van der Waals surface area (Å²) in [7, 11) is 1.88. The lowest BCUT2D eigenvalue weighted by Gasteiger charge is -2.39. The number of pyridine rings is 1. The van der Waals surface area contributed by atoms with E-state index in [1.807, 2.05) is 39.4 Å². The minimum Gasteiger partial charge on any atom is -0.382 e. The standard InChI is InChI=1S/C17H23N7O/c1-12(2)24-10-15(20-21-24)17(25)6-4-8-23(11-17)14-5-7-18-16-13(14)9-19-22(16)3/h5,7,9-10,12,25H,4,6,8,11H2,1-3H3/t17-/m0/s1. The fraction of sp³-hybridized carbons (Fsp3) is 0.529. The van der Waals surface area contributed by atoms with Gasteiger partial charge < -0.3 is 10.0 Å². The van der Waals surface area contributed by atoms with Crippen LogP contribution >= 0.6 is 0 Å². The number of aliphatic hydroxyl groups is 1. The summed E-state index contributed by atoms with van der Waals surface area (Å²) in [5, 5.41) is 24.9. The van der Waals surface area contributed by atoms with Gasteiger partial charge in [-0.15, -0.1) is 5.10 Å². The Bertz CT molecular complexity index is 899. The molecule has 3 aromatic heterocycles. The molecule has 0 bridgehead atoms. The highest BCUT2D eigenvalue weighted by Gasteiger charge is 2.38. The van der Waals surface area contributed by atoms with Crippen LogP contribution in [0.3, 0.4) is 0 Å². The number of β-amino-alcohol motifs (C(OH)–C–C–N with tert-alkyl or cyclic N) is 1. The van der Waals surface area contributed by atoms with E-state index in [-0.39, 0.29) is 6.04 Å². The lowest BCUT2D eigenvalue weighted by Crippen LogP contribution is -2.46. The third-order valence-corrected chi connectivity index (χ3v) is 4.94. The molecule has 0 amide bonds. The first-order chi connectivity index (χ1) is 12.0. The molecule has 0 radical (unpaired) electrons. The summed E-state index contributed by atoms with van der Waals surface area (Å²) in [6.45, 7) is 5.46. The number of nitrogens with zero attached hydrogens (tertiary/aromatic N) is 7. The molecule has 4 rings (SSSR count). The number of aryl methyl sites for hydroxylation is 1. The molecule has 1 aliphatic heterocycles. The molecular weight excluding hydrogens is 318 g/mol. The van der Waals surface area contributed by atoms with E-state index in [4.69, 9.17) is 0 Å².